The van der Waals surface area contributed by atoms with Gasteiger partial charge >= 0.3 is 88.7 Å². The molecule has 0 fully saturated rings. The number of hydrogen-bond donors (Lipinski definition) is 2. The van der Waals surface area contributed by atoms with Crippen LogP contribution in [-0.2, 0) is 27.0 Å². The van der Waals surface area contributed by atoms with Gasteiger partial charge in [-0.3, -0.25) is 19.2 Å². The normalized spacial score (nSPS) is 13.1. The van der Waals surface area contributed by atoms with Gasteiger partial charge in [-0.1, -0.05) is 36.4 Å². The number of nitrogens with zero attached hydrogens (tertiary/aromatic N) is 2. The van der Waals surface area contributed by atoms with Gasteiger partial charge in [-0.2, -0.15) is 0 Å². The van der Waals surface area contributed by atoms with Gasteiger partial charge in [0.15, 0.2) is 0 Å². The van der Waals surface area contributed by atoms with Crippen molar-refractivity contribution in [2.75, 3.05) is 21.3 Å². The molecular formula is C36H22N4Na3O4S2+. The summed E-state index contributed by atoms with van der Waals surface area (Å²) in [4.78, 5) is 57.7. The molecule has 9 rings (SSSR count). The summed E-state index contributed by atoms with van der Waals surface area (Å²) in [6.07, 6.45) is 0. The van der Waals surface area contributed by atoms with Crippen LogP contribution in [0.4, 0.5) is 22.7 Å². The molecule has 0 spiro atoms. The van der Waals surface area contributed by atoms with E-state index in [-0.39, 0.29) is 116 Å². The molecule has 224 valence electrons. The standard InChI is InChI=1S/C36H20N4O4.3Na.2H2S/c37-17-3-1-5-19(15-17)39-33(41)25-11-7-21-23-9-13-27-32-28(36(44)40(35(27)43)20-6-2-4-18(38)16-20)14-10-24(30(23)32)22-8-12-26(34(39)42)31(25)29(21)22;;;;;/h1-16H,37-38H2;;;;2*1H2/q;3*+1;;/p-2. The molecule has 7 aromatic rings. The molecule has 8 nitrogen and oxygen atoms in total. The molecule has 49 heavy (non-hydrogen) atoms. The Morgan fingerprint density at radius 2 is 0.673 bits per heavy atom. The van der Waals surface area contributed by atoms with E-state index >= 15 is 0 Å². The monoisotopic (exact) mass is 707 g/mol. The zero-order valence-corrected chi connectivity index (χ0v) is 34.6. The molecule has 0 aliphatic carbocycles. The number of nitrogen functional groups attached to an aromatic ring is 2. The average molecular weight is 708 g/mol. The molecule has 13 heteroatoms. The zero-order valence-electron chi connectivity index (χ0n) is 26.8. The Labute approximate surface area is 360 Å². The molecule has 0 saturated heterocycles. The molecule has 2 aliphatic heterocycles. The van der Waals surface area contributed by atoms with E-state index in [9.17, 15) is 19.2 Å². The summed E-state index contributed by atoms with van der Waals surface area (Å²) in [5.41, 5.74) is 15.3. The first-order valence-corrected chi connectivity index (χ1v) is 14.0. The summed E-state index contributed by atoms with van der Waals surface area (Å²) < 4.78 is 0. The Morgan fingerprint density at radius 3 is 0.939 bits per heavy atom. The van der Waals surface area contributed by atoms with E-state index in [1.165, 1.54) is 9.80 Å². The second-order valence-electron chi connectivity index (χ2n) is 11.2. The Kier molecular flexibility index (Phi) is 11.4. The van der Waals surface area contributed by atoms with Crippen LogP contribution in [0.1, 0.15) is 41.4 Å². The van der Waals surface area contributed by atoms with Crippen LogP contribution in [0.5, 0.6) is 0 Å². The van der Waals surface area contributed by atoms with Crippen molar-refractivity contribution in [3.05, 3.63) is 119 Å². The van der Waals surface area contributed by atoms with Crippen LogP contribution >= 0.6 is 0 Å². The molecule has 4 amide bonds. The summed E-state index contributed by atoms with van der Waals surface area (Å²) >= 11 is 0. The van der Waals surface area contributed by atoms with Gasteiger partial charge in [-0.15, -0.1) is 0 Å². The predicted molar refractivity (Wildman–Crippen MR) is 189 cm³/mol. The molecule has 0 radical (unpaired) electrons. The summed E-state index contributed by atoms with van der Waals surface area (Å²) in [5, 5.41) is 6.07. The number of thiol groups is 2. The van der Waals surface area contributed by atoms with Gasteiger partial charge in [-0.05, 0) is 93.0 Å². The largest absolute Gasteiger partial charge is 1.00 e. The van der Waals surface area contributed by atoms with Crippen LogP contribution in [0.15, 0.2) is 97.1 Å². The Hall–Kier alpha value is -2.58. The molecule has 2 aliphatic rings. The van der Waals surface area contributed by atoms with Crippen molar-refractivity contribution >= 4 is 116 Å². The molecule has 7 aromatic carbocycles. The van der Waals surface area contributed by atoms with Crippen molar-refractivity contribution in [2.45, 2.75) is 0 Å². The van der Waals surface area contributed by atoms with Crippen molar-refractivity contribution in [2.24, 2.45) is 0 Å². The minimum absolute atomic E-state index is 0. The Balaban J connectivity index is 0.00000108. The van der Waals surface area contributed by atoms with Gasteiger partial charge in [0.05, 0.1) is 11.4 Å². The second-order valence-corrected chi connectivity index (χ2v) is 11.2. The molecule has 0 aromatic heterocycles. The van der Waals surface area contributed by atoms with Crippen LogP contribution in [-0.4, -0.2) is 23.6 Å². The smallest absolute Gasteiger partial charge is 0.813 e. The fourth-order valence-corrected chi connectivity index (χ4v) is 7.06. The van der Waals surface area contributed by atoms with E-state index in [1.807, 2.05) is 24.3 Å². The number of anilines is 4. The second kappa shape index (κ2) is 14.2. The number of imide groups is 2. The predicted octanol–water partition coefficient (Wildman–Crippen LogP) is -3.03. The number of amides is 4. The minimum Gasteiger partial charge on any atom is -0.813 e. The first kappa shape index (κ1) is 39.2. The minimum atomic E-state index is -0.425. The molecule has 0 unspecified atom stereocenters. The summed E-state index contributed by atoms with van der Waals surface area (Å²) in [6.45, 7) is 0. The van der Waals surface area contributed by atoms with Crippen LogP contribution in [0.3, 0.4) is 0 Å². The number of benzene rings is 7. The fraction of sp³-hybridized carbons (Fsp3) is 0. The number of rotatable bonds is 2. The van der Waals surface area contributed by atoms with Gasteiger partial charge in [0.2, 0.25) is 0 Å². The van der Waals surface area contributed by atoms with Crippen LogP contribution < -0.4 is 110 Å². The summed E-state index contributed by atoms with van der Waals surface area (Å²) in [7, 11) is 0. The van der Waals surface area contributed by atoms with E-state index in [2.05, 4.69) is 0 Å². The number of carbonyl (C=O) groups excluding carboxylic acids is 4. The molecular weight excluding hydrogens is 686 g/mol. The summed E-state index contributed by atoms with van der Waals surface area (Å²) in [6, 6.07) is 27.9. The van der Waals surface area contributed by atoms with E-state index in [4.69, 9.17) is 11.5 Å². The fourth-order valence-electron chi connectivity index (χ4n) is 7.06. The number of carbonyl (C=O) groups is 4. The first-order valence-electron chi connectivity index (χ1n) is 14.0. The van der Waals surface area contributed by atoms with E-state index in [1.54, 1.807) is 72.8 Å². The zero-order chi connectivity index (χ0) is 30.0. The molecule has 4 N–H and O–H groups in total. The Bertz CT molecular complexity index is 2250. The van der Waals surface area contributed by atoms with Gasteiger partial charge in [0.1, 0.15) is 0 Å². The third-order valence-corrected chi connectivity index (χ3v) is 8.89. The van der Waals surface area contributed by atoms with Crippen molar-refractivity contribution in [3.63, 3.8) is 0 Å². The van der Waals surface area contributed by atoms with E-state index in [0.717, 1.165) is 32.3 Å². The molecule has 0 saturated carbocycles. The number of nitrogens with two attached hydrogens (primary N) is 2. The number of fused-ring (bicyclic) bond motifs is 2. The number of hydrogen-bond acceptors (Lipinski definition) is 8. The third-order valence-electron chi connectivity index (χ3n) is 8.89. The molecule has 0 bridgehead atoms. The van der Waals surface area contributed by atoms with Crippen LogP contribution in [0.25, 0.3) is 43.1 Å². The van der Waals surface area contributed by atoms with Crippen LogP contribution in [0, 0.1) is 0 Å². The van der Waals surface area contributed by atoms with E-state index in [0.29, 0.717) is 55.8 Å². The maximum Gasteiger partial charge on any atom is 1.00 e. The van der Waals surface area contributed by atoms with Crippen molar-refractivity contribution < 1.29 is 108 Å². The third kappa shape index (κ3) is 5.44. The van der Waals surface area contributed by atoms with Crippen molar-refractivity contribution in [3.8, 4) is 0 Å². The van der Waals surface area contributed by atoms with Gasteiger partial charge < -0.3 is 38.5 Å². The topological polar surface area (TPSA) is 127 Å². The van der Waals surface area contributed by atoms with Crippen LogP contribution in [0.2, 0.25) is 0 Å². The van der Waals surface area contributed by atoms with Crippen molar-refractivity contribution in [1.82, 2.24) is 0 Å². The van der Waals surface area contributed by atoms with Gasteiger partial charge in [0.25, 0.3) is 23.6 Å². The summed E-state index contributed by atoms with van der Waals surface area (Å²) in [5.74, 6) is -1.70. The molecule has 0 atom stereocenters. The Morgan fingerprint density at radius 1 is 0.388 bits per heavy atom. The maximum absolute atomic E-state index is 13.8. The quantitative estimate of drug-likeness (QED) is 0.0370. The first-order chi connectivity index (χ1) is 21.3. The maximum atomic E-state index is 13.8. The SMILES string of the molecule is Nc1cccc(N2C(=O)c3ccc4c5ccc6c7c(ccc(c8ccc(c3c48)C2=O)c75)C(=O)N(c2cccc(N)c2)C6=O)c1.[Na+].[Na+].[Na+].[SH-].[SH-]. The average Bonchev–Trinajstić information content (AvgIpc) is 3.02. The van der Waals surface area contributed by atoms with Gasteiger partial charge in [0, 0.05) is 44.4 Å². The van der Waals surface area contributed by atoms with Crippen molar-refractivity contribution in [1.29, 1.82) is 0 Å². The van der Waals surface area contributed by atoms with Gasteiger partial charge in [-0.25, -0.2) is 9.80 Å². The molecule has 2 heterocycles. The van der Waals surface area contributed by atoms with E-state index < -0.39 is 23.6 Å².